The summed E-state index contributed by atoms with van der Waals surface area (Å²) in [6.45, 7) is -0.0324. The first-order valence-electron chi connectivity index (χ1n) is 5.76. The number of hydrogen-bond acceptors (Lipinski definition) is 3. The molecule has 0 bridgehead atoms. The van der Waals surface area contributed by atoms with Crippen LogP contribution in [0.3, 0.4) is 0 Å². The molecule has 114 valence electrons. The third kappa shape index (κ3) is 7.56. The predicted molar refractivity (Wildman–Crippen MR) is 70.2 cm³/mol. The zero-order chi connectivity index (χ0) is 15.9. The van der Waals surface area contributed by atoms with Crippen molar-refractivity contribution in [2.24, 2.45) is 0 Å². The molecule has 0 aliphatic carbocycles. The van der Waals surface area contributed by atoms with Crippen LogP contribution in [0.2, 0.25) is 0 Å². The van der Waals surface area contributed by atoms with Gasteiger partial charge in [0.05, 0.1) is 0 Å². The van der Waals surface area contributed by atoms with Crippen molar-refractivity contribution in [3.8, 4) is 0 Å². The number of carboxylic acids is 1. The molecule has 1 unspecified atom stereocenters. The molecule has 21 heavy (non-hydrogen) atoms. The van der Waals surface area contributed by atoms with Crippen LogP contribution in [0.15, 0.2) is 40.8 Å². The molecule has 0 saturated carbocycles. The Bertz CT molecular complexity index is 526. The topological polar surface area (TPSA) is 63.6 Å². The van der Waals surface area contributed by atoms with Crippen molar-refractivity contribution in [3.05, 3.63) is 46.3 Å². The van der Waals surface area contributed by atoms with E-state index in [-0.39, 0.29) is 6.61 Å². The molecule has 0 fully saturated rings. The van der Waals surface area contributed by atoms with Crippen LogP contribution in [0, 0.1) is 0 Å². The summed E-state index contributed by atoms with van der Waals surface area (Å²) in [6.07, 6.45) is -5.34. The summed E-state index contributed by atoms with van der Waals surface area (Å²) in [4.78, 5) is 22.3. The molecule has 1 aromatic rings. The third-order valence-electron chi connectivity index (χ3n) is 2.22. The molecular weight excluding hydrogens is 352 g/mol. The van der Waals surface area contributed by atoms with Gasteiger partial charge in [-0.2, -0.15) is 0 Å². The first-order chi connectivity index (χ1) is 9.78. The van der Waals surface area contributed by atoms with Crippen molar-refractivity contribution in [1.82, 2.24) is 0 Å². The van der Waals surface area contributed by atoms with E-state index in [0.717, 1.165) is 0 Å². The van der Waals surface area contributed by atoms with E-state index >= 15 is 0 Å². The monoisotopic (exact) mass is 364 g/mol. The third-order valence-corrected chi connectivity index (χ3v) is 4.39. The number of allylic oxidation sites excluding steroid dienone is 1. The van der Waals surface area contributed by atoms with Crippen LogP contribution in [-0.4, -0.2) is 37.8 Å². The van der Waals surface area contributed by atoms with E-state index in [9.17, 15) is 22.8 Å². The Kier molecular flexibility index (Phi) is 6.49. The van der Waals surface area contributed by atoms with Gasteiger partial charge in [0.2, 0.25) is 0 Å². The van der Waals surface area contributed by atoms with Crippen molar-refractivity contribution in [1.29, 1.82) is 0 Å². The van der Waals surface area contributed by atoms with Gasteiger partial charge >= 0.3 is 125 Å². The van der Waals surface area contributed by atoms with Crippen molar-refractivity contribution in [3.63, 3.8) is 0 Å². The molecule has 0 spiro atoms. The van der Waals surface area contributed by atoms with Gasteiger partial charge in [-0.05, 0) is 0 Å². The number of benzene rings is 1. The molecule has 1 rings (SSSR count). The molecule has 4 nitrogen and oxygen atoms in total. The number of alkyl halides is 3. The molecule has 0 aliphatic rings. The van der Waals surface area contributed by atoms with Crippen LogP contribution in [0.1, 0.15) is 12.0 Å². The van der Waals surface area contributed by atoms with Crippen LogP contribution >= 0.6 is 0 Å². The van der Waals surface area contributed by atoms with Gasteiger partial charge < -0.3 is 0 Å². The number of halogens is 3. The molecule has 0 aliphatic heterocycles. The summed E-state index contributed by atoms with van der Waals surface area (Å²) in [7, 11) is 0. The SMILES string of the molecule is O=C(OCc1ccccc1)[AsH]C(=CCC(F)(F)F)C(=O)O. The Morgan fingerprint density at radius 1 is 1.24 bits per heavy atom. The van der Waals surface area contributed by atoms with Crippen molar-refractivity contribution < 1.29 is 32.6 Å². The van der Waals surface area contributed by atoms with E-state index in [4.69, 9.17) is 9.84 Å². The minimum atomic E-state index is -4.50. The Hall–Kier alpha value is -1.75. The van der Waals surface area contributed by atoms with Gasteiger partial charge in [0.25, 0.3) is 0 Å². The fraction of sp³-hybridized carbons (Fsp3) is 0.231. The van der Waals surface area contributed by atoms with Crippen LogP contribution in [0.5, 0.6) is 0 Å². The second kappa shape index (κ2) is 7.88. The van der Waals surface area contributed by atoms with E-state index in [2.05, 4.69) is 0 Å². The minimum absolute atomic E-state index is 0.0324. The number of aliphatic carboxylic acids is 1. The second-order valence-corrected chi connectivity index (χ2v) is 6.44. The number of carbonyl (C=O) groups excluding carboxylic acids is 1. The standard InChI is InChI=1S/C13H12AsF3O4/c15-13(16,17)7-6-10(11(18)19)14-12(20)21-8-9-4-2-1-3-5-9/h1-6,14H,7-8H2,(H,18,19). The van der Waals surface area contributed by atoms with Gasteiger partial charge in [-0.15, -0.1) is 0 Å². The summed E-state index contributed by atoms with van der Waals surface area (Å²) in [5.41, 5.74) is 0.716. The predicted octanol–water partition coefficient (Wildman–Crippen LogP) is 2.68. The molecule has 8 heteroatoms. The molecule has 0 radical (unpaired) electrons. The summed E-state index contributed by atoms with van der Waals surface area (Å²) in [5.74, 6) is -1.52. The van der Waals surface area contributed by atoms with E-state index in [1.165, 1.54) is 0 Å². The number of carbonyl (C=O) groups is 2. The fourth-order valence-electron chi connectivity index (χ4n) is 1.28. The average Bonchev–Trinajstić information content (AvgIpc) is 2.41. The molecule has 1 N–H and O–H groups in total. The normalized spacial score (nSPS) is 12.6. The second-order valence-electron chi connectivity index (χ2n) is 3.93. The molecular formula is C13H12AsF3O4. The van der Waals surface area contributed by atoms with E-state index in [0.29, 0.717) is 11.6 Å². The number of rotatable bonds is 6. The molecule has 0 aromatic heterocycles. The van der Waals surface area contributed by atoms with Crippen LogP contribution in [-0.2, 0) is 16.1 Å². The van der Waals surface area contributed by atoms with Gasteiger partial charge in [0.1, 0.15) is 0 Å². The molecule has 0 saturated heterocycles. The molecule has 1 aromatic carbocycles. The van der Waals surface area contributed by atoms with Gasteiger partial charge in [0, 0.05) is 0 Å². The summed E-state index contributed by atoms with van der Waals surface area (Å²) in [6, 6.07) is 8.69. The van der Waals surface area contributed by atoms with Crippen LogP contribution in [0.4, 0.5) is 18.0 Å². The van der Waals surface area contributed by atoms with E-state index in [1.54, 1.807) is 30.3 Å². The van der Waals surface area contributed by atoms with E-state index < -0.39 is 43.4 Å². The van der Waals surface area contributed by atoms with Crippen molar-refractivity contribution in [2.45, 2.75) is 19.2 Å². The quantitative estimate of drug-likeness (QED) is 0.623. The summed E-state index contributed by atoms with van der Waals surface area (Å²) < 4.78 is 39.7. The van der Waals surface area contributed by atoms with Gasteiger partial charge in [-0.25, -0.2) is 0 Å². The van der Waals surface area contributed by atoms with Crippen LogP contribution < -0.4 is 0 Å². The molecule has 1 atom stereocenters. The van der Waals surface area contributed by atoms with Gasteiger partial charge in [-0.3, -0.25) is 0 Å². The van der Waals surface area contributed by atoms with Crippen molar-refractivity contribution >= 4 is 26.5 Å². The zero-order valence-electron chi connectivity index (χ0n) is 10.7. The average molecular weight is 364 g/mol. The Morgan fingerprint density at radius 2 is 1.86 bits per heavy atom. The fourth-order valence-corrected chi connectivity index (χ4v) is 2.70. The van der Waals surface area contributed by atoms with Gasteiger partial charge in [-0.1, -0.05) is 0 Å². The zero-order valence-corrected chi connectivity index (χ0v) is 12.8. The van der Waals surface area contributed by atoms with E-state index in [1.807, 2.05) is 0 Å². The van der Waals surface area contributed by atoms with Gasteiger partial charge in [0.15, 0.2) is 0 Å². The number of carboxylic acid groups (broad SMARTS) is 1. The first-order valence-corrected chi connectivity index (χ1v) is 7.85. The number of hydrogen-bond donors (Lipinski definition) is 1. The van der Waals surface area contributed by atoms with Crippen LogP contribution in [0.25, 0.3) is 0 Å². The Labute approximate surface area is 125 Å². The van der Waals surface area contributed by atoms with Crippen molar-refractivity contribution in [2.75, 3.05) is 0 Å². The Balaban J connectivity index is 2.55. The molecule has 0 heterocycles. The summed E-state index contributed by atoms with van der Waals surface area (Å²) in [5, 5.41) is 8.79. The summed E-state index contributed by atoms with van der Waals surface area (Å²) >= 11 is -1.94. The first kappa shape index (κ1) is 17.3. The Morgan fingerprint density at radius 3 is 2.38 bits per heavy atom. The maximum absolute atomic E-state index is 12.0. The number of ether oxygens (including phenoxy) is 1. The molecule has 0 amide bonds. The maximum atomic E-state index is 12.0.